The van der Waals surface area contributed by atoms with Gasteiger partial charge in [0.25, 0.3) is 0 Å². The van der Waals surface area contributed by atoms with Gasteiger partial charge in [0.15, 0.2) is 0 Å². The molecule has 120 valence electrons. The molecular weight excluding hydrogens is 282 g/mol. The molecule has 0 aromatic rings. The van der Waals surface area contributed by atoms with Crippen molar-refractivity contribution >= 4 is 18.0 Å². The number of aliphatic carboxylic acids is 1. The minimum atomic E-state index is -1.94. The lowest BCUT2D eigenvalue weighted by Crippen LogP contribution is -2.52. The van der Waals surface area contributed by atoms with Crippen molar-refractivity contribution in [2.24, 2.45) is 5.41 Å². The fourth-order valence-electron chi connectivity index (χ4n) is 1.89. The molecule has 1 fully saturated rings. The Hall–Kier alpha value is -1.83. The van der Waals surface area contributed by atoms with Crippen LogP contribution < -0.4 is 0 Å². The number of methoxy groups -OCH3 is 1. The number of amides is 1. The second kappa shape index (κ2) is 6.30. The molecule has 21 heavy (non-hydrogen) atoms. The number of carbonyl (C=O) groups is 3. The molecular formula is C13H21NO7. The number of hydrogen-bond acceptors (Lipinski definition) is 6. The molecule has 0 radical (unpaired) electrons. The van der Waals surface area contributed by atoms with E-state index in [1.165, 1.54) is 0 Å². The summed E-state index contributed by atoms with van der Waals surface area (Å²) >= 11 is 0. The highest BCUT2D eigenvalue weighted by molar-refractivity contribution is 6.00. The lowest BCUT2D eigenvalue weighted by atomic mass is 9.88. The highest BCUT2D eigenvalue weighted by atomic mass is 16.6. The molecule has 0 aromatic heterocycles. The van der Waals surface area contributed by atoms with E-state index in [2.05, 4.69) is 4.74 Å². The largest absolute Gasteiger partial charge is 0.480 e. The Bertz CT molecular complexity index is 429. The van der Waals surface area contributed by atoms with Crippen molar-refractivity contribution in [1.29, 1.82) is 0 Å². The number of carboxylic acids is 1. The SMILES string of the molecule is COC(=O)C1(C(=O)O)COCCN(C(=O)OC(C)(C)C)C1. The summed E-state index contributed by atoms with van der Waals surface area (Å²) in [6.07, 6.45) is -0.692. The summed E-state index contributed by atoms with van der Waals surface area (Å²) in [6.45, 7) is 4.64. The summed E-state index contributed by atoms with van der Waals surface area (Å²) in [5.74, 6) is -2.35. The average Bonchev–Trinajstić information content (AvgIpc) is 2.59. The normalized spacial score (nSPS) is 23.1. The molecule has 0 aromatic carbocycles. The summed E-state index contributed by atoms with van der Waals surface area (Å²) in [6, 6.07) is 0. The van der Waals surface area contributed by atoms with Crippen LogP contribution in [0.1, 0.15) is 20.8 Å². The average molecular weight is 303 g/mol. The molecule has 8 nitrogen and oxygen atoms in total. The van der Waals surface area contributed by atoms with Gasteiger partial charge in [-0.2, -0.15) is 0 Å². The van der Waals surface area contributed by atoms with Gasteiger partial charge < -0.3 is 24.2 Å². The molecule has 1 N–H and O–H groups in total. The van der Waals surface area contributed by atoms with E-state index in [9.17, 15) is 19.5 Å². The zero-order valence-electron chi connectivity index (χ0n) is 12.7. The molecule has 0 bridgehead atoms. The maximum atomic E-state index is 12.1. The quantitative estimate of drug-likeness (QED) is 0.585. The number of carbonyl (C=O) groups excluding carboxylic acids is 2. The molecule has 1 amide bonds. The molecule has 0 aliphatic carbocycles. The molecule has 1 aliphatic rings. The standard InChI is InChI=1S/C13H21NO7/c1-12(2,3)21-11(18)14-5-6-20-8-13(7-14,9(15)16)10(17)19-4/h5-8H2,1-4H3,(H,15,16). The maximum Gasteiger partial charge on any atom is 0.410 e. The lowest BCUT2D eigenvalue weighted by molar-refractivity contribution is -0.171. The van der Waals surface area contributed by atoms with Crippen LogP contribution in [0.3, 0.4) is 0 Å². The van der Waals surface area contributed by atoms with E-state index < -0.39 is 29.0 Å². The van der Waals surface area contributed by atoms with Gasteiger partial charge in [0.1, 0.15) is 5.60 Å². The first-order chi connectivity index (χ1) is 9.62. The molecule has 1 heterocycles. The van der Waals surface area contributed by atoms with Gasteiger partial charge >= 0.3 is 18.0 Å². The number of ether oxygens (including phenoxy) is 3. The van der Waals surface area contributed by atoms with Crippen LogP contribution in [0.5, 0.6) is 0 Å². The van der Waals surface area contributed by atoms with Crippen LogP contribution in [0.4, 0.5) is 4.79 Å². The van der Waals surface area contributed by atoms with Crippen molar-refractivity contribution < 1.29 is 33.7 Å². The number of nitrogens with zero attached hydrogens (tertiary/aromatic N) is 1. The Balaban J connectivity index is 3.01. The fourth-order valence-corrected chi connectivity index (χ4v) is 1.89. The van der Waals surface area contributed by atoms with Crippen LogP contribution in [0.2, 0.25) is 0 Å². The van der Waals surface area contributed by atoms with E-state index in [0.717, 1.165) is 12.0 Å². The van der Waals surface area contributed by atoms with E-state index in [1.807, 2.05) is 0 Å². The van der Waals surface area contributed by atoms with E-state index >= 15 is 0 Å². The van der Waals surface area contributed by atoms with Gasteiger partial charge in [-0.25, -0.2) is 4.79 Å². The lowest BCUT2D eigenvalue weighted by Gasteiger charge is -2.30. The van der Waals surface area contributed by atoms with E-state index in [4.69, 9.17) is 9.47 Å². The van der Waals surface area contributed by atoms with Gasteiger partial charge in [-0.1, -0.05) is 0 Å². The molecule has 1 saturated heterocycles. The first-order valence-corrected chi connectivity index (χ1v) is 6.50. The van der Waals surface area contributed by atoms with Crippen LogP contribution in [0.25, 0.3) is 0 Å². The highest BCUT2D eigenvalue weighted by Crippen LogP contribution is 2.25. The molecule has 1 aliphatic heterocycles. The minimum absolute atomic E-state index is 0.116. The fraction of sp³-hybridized carbons (Fsp3) is 0.769. The zero-order valence-corrected chi connectivity index (χ0v) is 12.7. The third-order valence-corrected chi connectivity index (χ3v) is 2.95. The Morgan fingerprint density at radius 3 is 2.38 bits per heavy atom. The van der Waals surface area contributed by atoms with Gasteiger partial charge in [0.05, 0.1) is 26.9 Å². The van der Waals surface area contributed by atoms with Crippen molar-refractivity contribution in [2.45, 2.75) is 26.4 Å². The Labute approximate surface area is 122 Å². The van der Waals surface area contributed by atoms with Gasteiger partial charge in [0, 0.05) is 6.54 Å². The van der Waals surface area contributed by atoms with Crippen LogP contribution in [-0.4, -0.2) is 67.1 Å². The van der Waals surface area contributed by atoms with Crippen molar-refractivity contribution in [3.8, 4) is 0 Å². The van der Waals surface area contributed by atoms with E-state index in [0.29, 0.717) is 0 Å². The number of esters is 1. The van der Waals surface area contributed by atoms with Crippen LogP contribution in [0.15, 0.2) is 0 Å². The number of hydrogen-bond donors (Lipinski definition) is 1. The van der Waals surface area contributed by atoms with Crippen LogP contribution in [0, 0.1) is 5.41 Å². The Morgan fingerprint density at radius 2 is 1.90 bits per heavy atom. The van der Waals surface area contributed by atoms with E-state index in [-0.39, 0.29) is 26.3 Å². The van der Waals surface area contributed by atoms with Crippen molar-refractivity contribution in [3.63, 3.8) is 0 Å². The van der Waals surface area contributed by atoms with Gasteiger partial charge in [0.2, 0.25) is 5.41 Å². The Morgan fingerprint density at radius 1 is 1.29 bits per heavy atom. The van der Waals surface area contributed by atoms with Crippen molar-refractivity contribution in [3.05, 3.63) is 0 Å². The molecule has 1 atom stereocenters. The molecule has 1 unspecified atom stereocenters. The van der Waals surface area contributed by atoms with E-state index in [1.54, 1.807) is 20.8 Å². The van der Waals surface area contributed by atoms with Crippen molar-refractivity contribution in [1.82, 2.24) is 4.90 Å². The summed E-state index contributed by atoms with van der Waals surface area (Å²) in [5.41, 5.74) is -2.66. The predicted octanol–water partition coefficient (Wildman–Crippen LogP) is 0.498. The minimum Gasteiger partial charge on any atom is -0.480 e. The summed E-state index contributed by atoms with van der Waals surface area (Å²) < 4.78 is 14.9. The Kier molecular flexibility index (Phi) is 5.16. The van der Waals surface area contributed by atoms with Gasteiger partial charge in [-0.05, 0) is 20.8 Å². The van der Waals surface area contributed by atoms with Gasteiger partial charge in [-0.3, -0.25) is 9.59 Å². The zero-order chi connectivity index (χ0) is 16.3. The summed E-state index contributed by atoms with van der Waals surface area (Å²) in [7, 11) is 1.09. The monoisotopic (exact) mass is 303 g/mol. The summed E-state index contributed by atoms with van der Waals surface area (Å²) in [4.78, 5) is 36.6. The topological polar surface area (TPSA) is 102 Å². The first kappa shape index (κ1) is 17.2. The number of carboxylic acid groups (broad SMARTS) is 1. The van der Waals surface area contributed by atoms with Crippen LogP contribution >= 0.6 is 0 Å². The molecule has 1 rings (SSSR count). The van der Waals surface area contributed by atoms with Gasteiger partial charge in [-0.15, -0.1) is 0 Å². The second-order valence-corrected chi connectivity index (χ2v) is 5.83. The smallest absolute Gasteiger partial charge is 0.410 e. The predicted molar refractivity (Wildman–Crippen MR) is 70.7 cm³/mol. The first-order valence-electron chi connectivity index (χ1n) is 6.50. The molecule has 0 saturated carbocycles. The molecule has 8 heteroatoms. The molecule has 0 spiro atoms. The highest BCUT2D eigenvalue weighted by Gasteiger charge is 2.51. The van der Waals surface area contributed by atoms with Crippen molar-refractivity contribution in [2.75, 3.05) is 33.4 Å². The summed E-state index contributed by atoms with van der Waals surface area (Å²) in [5, 5.41) is 9.39. The third kappa shape index (κ3) is 4.07. The maximum absolute atomic E-state index is 12.1. The third-order valence-electron chi connectivity index (χ3n) is 2.95. The van der Waals surface area contributed by atoms with Crippen LogP contribution in [-0.2, 0) is 23.8 Å². The number of rotatable bonds is 2. The second-order valence-electron chi connectivity index (χ2n) is 5.83.